The van der Waals surface area contributed by atoms with Crippen molar-refractivity contribution >= 4 is 33.2 Å². The zero-order valence-electron chi connectivity index (χ0n) is 9.92. The van der Waals surface area contributed by atoms with Gasteiger partial charge in [-0.2, -0.15) is 0 Å². The first-order valence-electron chi connectivity index (χ1n) is 5.41. The van der Waals surface area contributed by atoms with Crippen LogP contribution in [0.2, 0.25) is 0 Å². The van der Waals surface area contributed by atoms with Crippen LogP contribution < -0.4 is 10.7 Å². The second-order valence-electron chi connectivity index (χ2n) is 3.80. The maximum absolute atomic E-state index is 11.9. The fourth-order valence-electron chi connectivity index (χ4n) is 1.51. The lowest BCUT2D eigenvalue weighted by Gasteiger charge is -2.06. The minimum absolute atomic E-state index is 0.0779. The number of aromatic nitrogens is 1. The van der Waals surface area contributed by atoms with Gasteiger partial charge < -0.3 is 10.3 Å². The van der Waals surface area contributed by atoms with Gasteiger partial charge in [-0.15, -0.1) is 0 Å². The molecule has 102 valence electrons. The van der Waals surface area contributed by atoms with Gasteiger partial charge in [-0.25, -0.2) is 0 Å². The van der Waals surface area contributed by atoms with Crippen LogP contribution in [0.3, 0.4) is 0 Å². The summed E-state index contributed by atoms with van der Waals surface area (Å²) in [6, 6.07) is 5.18. The first-order valence-corrected chi connectivity index (χ1v) is 6.21. The molecule has 7 nitrogen and oxygen atoms in total. The van der Waals surface area contributed by atoms with Crippen LogP contribution in [0, 0.1) is 10.1 Å². The Bertz CT molecular complexity index is 741. The van der Waals surface area contributed by atoms with Crippen molar-refractivity contribution in [3.05, 3.63) is 67.0 Å². The first-order chi connectivity index (χ1) is 9.49. The molecule has 1 aromatic carbocycles. The first kappa shape index (κ1) is 13.9. The Hall–Kier alpha value is -2.48. The number of hydrogen-bond acceptors (Lipinski definition) is 4. The van der Waals surface area contributed by atoms with Gasteiger partial charge in [0.05, 0.1) is 10.6 Å². The Kier molecular flexibility index (Phi) is 3.94. The minimum atomic E-state index is -0.645. The number of halogens is 1. The Morgan fingerprint density at radius 1 is 1.35 bits per heavy atom. The van der Waals surface area contributed by atoms with Crippen LogP contribution in [0.25, 0.3) is 0 Å². The van der Waals surface area contributed by atoms with Crippen molar-refractivity contribution in [1.82, 2.24) is 4.98 Å². The molecular weight excluding hydrogens is 330 g/mol. The largest absolute Gasteiger partial charge is 0.367 e. The predicted molar refractivity (Wildman–Crippen MR) is 75.8 cm³/mol. The second kappa shape index (κ2) is 5.66. The summed E-state index contributed by atoms with van der Waals surface area (Å²) in [5.74, 6) is -0.645. The van der Waals surface area contributed by atoms with E-state index in [1.807, 2.05) is 0 Å². The molecule has 2 rings (SSSR count). The molecule has 0 bridgehead atoms. The SMILES string of the molecule is O=C(Nc1cc([N+](=O)[O-])ccc1Br)c1c[nH]ccc1=O. The van der Waals surface area contributed by atoms with Gasteiger partial charge in [0, 0.05) is 35.1 Å². The van der Waals surface area contributed by atoms with E-state index in [1.165, 1.54) is 36.7 Å². The highest BCUT2D eigenvalue weighted by atomic mass is 79.9. The lowest BCUT2D eigenvalue weighted by atomic mass is 10.2. The zero-order chi connectivity index (χ0) is 14.7. The number of non-ortho nitro benzene ring substituents is 1. The fourth-order valence-corrected chi connectivity index (χ4v) is 1.85. The fraction of sp³-hybridized carbons (Fsp3) is 0. The van der Waals surface area contributed by atoms with Crippen LogP contribution in [-0.2, 0) is 0 Å². The van der Waals surface area contributed by atoms with Crippen LogP contribution in [0.15, 0.2) is 45.9 Å². The summed E-state index contributed by atoms with van der Waals surface area (Å²) in [7, 11) is 0. The molecule has 20 heavy (non-hydrogen) atoms. The quantitative estimate of drug-likeness (QED) is 0.662. The third-order valence-electron chi connectivity index (χ3n) is 2.48. The van der Waals surface area contributed by atoms with Crippen LogP contribution in [0.5, 0.6) is 0 Å². The van der Waals surface area contributed by atoms with Crippen molar-refractivity contribution in [2.45, 2.75) is 0 Å². The number of benzene rings is 1. The van der Waals surface area contributed by atoms with Gasteiger partial charge in [0.2, 0.25) is 0 Å². The number of H-pyrrole nitrogens is 1. The van der Waals surface area contributed by atoms with E-state index < -0.39 is 16.3 Å². The zero-order valence-corrected chi connectivity index (χ0v) is 11.5. The lowest BCUT2D eigenvalue weighted by Crippen LogP contribution is -2.21. The van der Waals surface area contributed by atoms with Crippen LogP contribution in [-0.4, -0.2) is 15.8 Å². The molecule has 0 spiro atoms. The molecule has 0 atom stereocenters. The number of rotatable bonds is 3. The highest BCUT2D eigenvalue weighted by molar-refractivity contribution is 9.10. The molecule has 1 heterocycles. The number of nitrogens with one attached hydrogen (secondary N) is 2. The summed E-state index contributed by atoms with van der Waals surface area (Å²) < 4.78 is 0.476. The van der Waals surface area contributed by atoms with Gasteiger partial charge in [-0.3, -0.25) is 19.7 Å². The summed E-state index contributed by atoms with van der Waals surface area (Å²) in [4.78, 5) is 36.2. The van der Waals surface area contributed by atoms with Crippen LogP contribution in [0.1, 0.15) is 10.4 Å². The van der Waals surface area contributed by atoms with Gasteiger partial charge in [0.25, 0.3) is 11.6 Å². The topological polar surface area (TPSA) is 105 Å². The van der Waals surface area contributed by atoms with E-state index in [1.54, 1.807) is 0 Å². The Labute approximate surface area is 120 Å². The number of anilines is 1. The molecule has 0 aliphatic carbocycles. The standard InChI is InChI=1S/C12H8BrN3O4/c13-9-2-1-7(16(19)20)5-10(9)15-12(18)8-6-14-4-3-11(8)17/h1-6H,(H,14,17)(H,15,18). The van der Waals surface area contributed by atoms with Gasteiger partial charge in [0.15, 0.2) is 5.43 Å². The molecule has 1 amide bonds. The Morgan fingerprint density at radius 2 is 2.10 bits per heavy atom. The van der Waals surface area contributed by atoms with Gasteiger partial charge in [-0.05, 0) is 22.0 Å². The minimum Gasteiger partial charge on any atom is -0.367 e. The van der Waals surface area contributed by atoms with Gasteiger partial charge >= 0.3 is 0 Å². The number of nitro groups is 1. The number of nitrogens with zero attached hydrogens (tertiary/aromatic N) is 1. The monoisotopic (exact) mass is 337 g/mol. The Balaban J connectivity index is 2.33. The van der Waals surface area contributed by atoms with E-state index in [-0.39, 0.29) is 16.9 Å². The molecule has 0 unspecified atom stereocenters. The molecule has 0 saturated heterocycles. The summed E-state index contributed by atoms with van der Waals surface area (Å²) in [5.41, 5.74) is -0.466. The van der Waals surface area contributed by atoms with Crippen LogP contribution in [0.4, 0.5) is 11.4 Å². The van der Waals surface area contributed by atoms with E-state index in [0.29, 0.717) is 4.47 Å². The molecule has 2 N–H and O–H groups in total. The van der Waals surface area contributed by atoms with E-state index >= 15 is 0 Å². The number of carbonyl (C=O) groups is 1. The Morgan fingerprint density at radius 3 is 2.75 bits per heavy atom. The highest BCUT2D eigenvalue weighted by Crippen LogP contribution is 2.27. The normalized spacial score (nSPS) is 10.1. The summed E-state index contributed by atoms with van der Waals surface area (Å²) in [5, 5.41) is 13.1. The van der Waals surface area contributed by atoms with Crippen molar-refractivity contribution in [3.8, 4) is 0 Å². The summed E-state index contributed by atoms with van der Waals surface area (Å²) in [6.07, 6.45) is 2.67. The van der Waals surface area contributed by atoms with E-state index in [0.717, 1.165) is 0 Å². The maximum Gasteiger partial charge on any atom is 0.271 e. The van der Waals surface area contributed by atoms with Crippen molar-refractivity contribution in [2.24, 2.45) is 0 Å². The molecular formula is C12H8BrN3O4. The number of pyridine rings is 1. The van der Waals surface area contributed by atoms with Crippen LogP contribution >= 0.6 is 15.9 Å². The molecule has 0 aliphatic heterocycles. The van der Waals surface area contributed by atoms with E-state index in [4.69, 9.17) is 0 Å². The van der Waals surface area contributed by atoms with Gasteiger partial charge in [0.1, 0.15) is 5.56 Å². The average molecular weight is 338 g/mol. The average Bonchev–Trinajstić information content (AvgIpc) is 2.41. The number of aromatic amines is 1. The molecule has 0 radical (unpaired) electrons. The summed E-state index contributed by atoms with van der Waals surface area (Å²) in [6.45, 7) is 0. The third kappa shape index (κ3) is 2.91. The molecule has 2 aromatic rings. The summed E-state index contributed by atoms with van der Waals surface area (Å²) >= 11 is 3.18. The maximum atomic E-state index is 11.9. The molecule has 0 saturated carbocycles. The number of nitro benzene ring substituents is 1. The molecule has 0 aliphatic rings. The number of carbonyl (C=O) groups excluding carboxylic acids is 1. The highest BCUT2D eigenvalue weighted by Gasteiger charge is 2.14. The van der Waals surface area contributed by atoms with Crippen molar-refractivity contribution in [2.75, 3.05) is 5.32 Å². The van der Waals surface area contributed by atoms with Crippen molar-refractivity contribution < 1.29 is 9.72 Å². The molecule has 8 heteroatoms. The molecule has 0 fully saturated rings. The van der Waals surface area contributed by atoms with E-state index in [2.05, 4.69) is 26.2 Å². The van der Waals surface area contributed by atoms with Crippen molar-refractivity contribution in [3.63, 3.8) is 0 Å². The number of amides is 1. The molecule has 1 aromatic heterocycles. The lowest BCUT2D eigenvalue weighted by molar-refractivity contribution is -0.384. The van der Waals surface area contributed by atoms with Crippen molar-refractivity contribution in [1.29, 1.82) is 0 Å². The smallest absolute Gasteiger partial charge is 0.271 e. The van der Waals surface area contributed by atoms with Gasteiger partial charge in [-0.1, -0.05) is 0 Å². The third-order valence-corrected chi connectivity index (χ3v) is 3.17. The van der Waals surface area contributed by atoms with E-state index in [9.17, 15) is 19.7 Å². The number of hydrogen-bond donors (Lipinski definition) is 2. The predicted octanol–water partition coefficient (Wildman–Crippen LogP) is 2.30. The second-order valence-corrected chi connectivity index (χ2v) is 4.65.